The van der Waals surface area contributed by atoms with Crippen LogP contribution in [0.4, 0.5) is 0 Å². The number of nitriles is 1. The molecule has 2 nitrogen and oxygen atoms in total. The molecule has 92 valence electrons. The van der Waals surface area contributed by atoms with E-state index in [2.05, 4.69) is 37.8 Å². The molecule has 0 aliphatic rings. The van der Waals surface area contributed by atoms with Gasteiger partial charge in [0, 0.05) is 17.2 Å². The Bertz CT molecular complexity index is 392. The fourth-order valence-electron chi connectivity index (χ4n) is 1.67. The number of thioether (sulfide) groups is 1. The Balaban J connectivity index is 2.57. The smallest absolute Gasteiger partial charge is 0.100 e. The second-order valence-corrected chi connectivity index (χ2v) is 5.12. The van der Waals surface area contributed by atoms with Crippen molar-refractivity contribution in [1.29, 1.82) is 5.26 Å². The van der Waals surface area contributed by atoms with E-state index in [4.69, 9.17) is 5.26 Å². The van der Waals surface area contributed by atoms with Gasteiger partial charge in [0.15, 0.2) is 0 Å². The van der Waals surface area contributed by atoms with Crippen LogP contribution in [0.2, 0.25) is 0 Å². The molecule has 1 rings (SSSR count). The maximum Gasteiger partial charge on any atom is 0.100 e. The van der Waals surface area contributed by atoms with Crippen molar-refractivity contribution in [3.05, 3.63) is 29.3 Å². The third kappa shape index (κ3) is 4.41. The van der Waals surface area contributed by atoms with Crippen molar-refractivity contribution in [2.45, 2.75) is 25.7 Å². The minimum Gasteiger partial charge on any atom is -0.303 e. The summed E-state index contributed by atoms with van der Waals surface area (Å²) in [5.74, 6) is 1.04. The molecule has 0 heterocycles. The van der Waals surface area contributed by atoms with Crippen LogP contribution in [0.3, 0.4) is 0 Å². The fraction of sp³-hybridized carbons (Fsp3) is 0.500. The molecule has 1 aromatic carbocycles. The highest BCUT2D eigenvalue weighted by atomic mass is 32.2. The van der Waals surface area contributed by atoms with Gasteiger partial charge in [0.05, 0.1) is 5.56 Å². The van der Waals surface area contributed by atoms with Crippen LogP contribution in [0, 0.1) is 18.3 Å². The van der Waals surface area contributed by atoms with Crippen molar-refractivity contribution >= 4 is 11.8 Å². The lowest BCUT2D eigenvalue weighted by Gasteiger charge is -2.17. The van der Waals surface area contributed by atoms with E-state index in [-0.39, 0.29) is 0 Å². The molecule has 0 fully saturated rings. The lowest BCUT2D eigenvalue weighted by Crippen LogP contribution is -2.25. The molecule has 0 aliphatic carbocycles. The second kappa shape index (κ2) is 7.37. The van der Waals surface area contributed by atoms with E-state index in [9.17, 15) is 0 Å². The third-order valence-corrected chi connectivity index (χ3v) is 3.85. The van der Waals surface area contributed by atoms with Gasteiger partial charge in [-0.25, -0.2) is 0 Å². The van der Waals surface area contributed by atoms with E-state index in [1.54, 1.807) is 11.8 Å². The zero-order chi connectivity index (χ0) is 12.7. The first-order valence-electron chi connectivity index (χ1n) is 6.07. The van der Waals surface area contributed by atoms with Crippen LogP contribution in [0.15, 0.2) is 23.1 Å². The van der Waals surface area contributed by atoms with Crippen LogP contribution in [0.5, 0.6) is 0 Å². The Morgan fingerprint density at radius 2 is 2.00 bits per heavy atom. The summed E-state index contributed by atoms with van der Waals surface area (Å²) < 4.78 is 0. The fourth-order valence-corrected chi connectivity index (χ4v) is 2.77. The molecule has 0 aliphatic heterocycles. The zero-order valence-electron chi connectivity index (χ0n) is 10.9. The van der Waals surface area contributed by atoms with Crippen LogP contribution in [-0.4, -0.2) is 30.3 Å². The maximum atomic E-state index is 9.04. The molecular formula is C14H20N2S. The summed E-state index contributed by atoms with van der Waals surface area (Å²) in [6.45, 7) is 9.70. The zero-order valence-corrected chi connectivity index (χ0v) is 11.7. The Labute approximate surface area is 109 Å². The predicted molar refractivity (Wildman–Crippen MR) is 74.4 cm³/mol. The maximum absolute atomic E-state index is 9.04. The van der Waals surface area contributed by atoms with E-state index in [0.717, 1.165) is 35.8 Å². The highest BCUT2D eigenvalue weighted by Crippen LogP contribution is 2.23. The van der Waals surface area contributed by atoms with Gasteiger partial charge in [-0.15, -0.1) is 11.8 Å². The van der Waals surface area contributed by atoms with Crippen molar-refractivity contribution in [3.63, 3.8) is 0 Å². The molecule has 0 radical (unpaired) electrons. The Hall–Kier alpha value is -0.980. The van der Waals surface area contributed by atoms with Crippen LogP contribution < -0.4 is 0 Å². The van der Waals surface area contributed by atoms with Gasteiger partial charge in [0.25, 0.3) is 0 Å². The van der Waals surface area contributed by atoms with Crippen molar-refractivity contribution < 1.29 is 0 Å². The van der Waals surface area contributed by atoms with Gasteiger partial charge in [-0.2, -0.15) is 5.26 Å². The van der Waals surface area contributed by atoms with E-state index >= 15 is 0 Å². The molecule has 0 saturated carbocycles. The molecule has 0 atom stereocenters. The SMILES string of the molecule is CCN(CC)CCSc1cc(C)ccc1C#N. The summed E-state index contributed by atoms with van der Waals surface area (Å²) in [5, 5.41) is 9.04. The van der Waals surface area contributed by atoms with Crippen LogP contribution in [-0.2, 0) is 0 Å². The normalized spacial score (nSPS) is 10.5. The molecule has 0 spiro atoms. The standard InChI is InChI=1S/C14H20N2S/c1-4-16(5-2)8-9-17-14-10-12(3)6-7-13(14)11-15/h6-7,10H,4-5,8-9H2,1-3H3. The van der Waals surface area contributed by atoms with Gasteiger partial charge in [0.1, 0.15) is 6.07 Å². The van der Waals surface area contributed by atoms with Crippen LogP contribution in [0.25, 0.3) is 0 Å². The number of aryl methyl sites for hydroxylation is 1. The van der Waals surface area contributed by atoms with E-state index in [1.165, 1.54) is 5.56 Å². The molecule has 17 heavy (non-hydrogen) atoms. The minimum absolute atomic E-state index is 0.792. The molecule has 3 heteroatoms. The Kier molecular flexibility index (Phi) is 6.10. The second-order valence-electron chi connectivity index (χ2n) is 3.99. The van der Waals surface area contributed by atoms with Gasteiger partial charge >= 0.3 is 0 Å². The van der Waals surface area contributed by atoms with Gasteiger partial charge < -0.3 is 4.90 Å². The topological polar surface area (TPSA) is 27.0 Å². The van der Waals surface area contributed by atoms with Crippen molar-refractivity contribution in [2.24, 2.45) is 0 Å². The molecule has 0 saturated heterocycles. The summed E-state index contributed by atoms with van der Waals surface area (Å²) in [4.78, 5) is 3.51. The van der Waals surface area contributed by atoms with Gasteiger partial charge in [-0.3, -0.25) is 0 Å². The van der Waals surface area contributed by atoms with E-state index in [0.29, 0.717) is 0 Å². The first-order valence-corrected chi connectivity index (χ1v) is 7.05. The van der Waals surface area contributed by atoms with Crippen molar-refractivity contribution in [2.75, 3.05) is 25.4 Å². The Morgan fingerprint density at radius 3 is 2.59 bits per heavy atom. The number of benzene rings is 1. The molecule has 0 aromatic heterocycles. The number of rotatable bonds is 6. The quantitative estimate of drug-likeness (QED) is 0.723. The molecule has 0 amide bonds. The third-order valence-electron chi connectivity index (χ3n) is 2.82. The minimum atomic E-state index is 0.792. The van der Waals surface area contributed by atoms with Gasteiger partial charge in [-0.05, 0) is 37.7 Å². The average molecular weight is 248 g/mol. The highest BCUT2D eigenvalue weighted by molar-refractivity contribution is 7.99. The highest BCUT2D eigenvalue weighted by Gasteiger charge is 2.04. The number of hydrogen-bond donors (Lipinski definition) is 0. The van der Waals surface area contributed by atoms with Crippen molar-refractivity contribution in [1.82, 2.24) is 4.90 Å². The van der Waals surface area contributed by atoms with Crippen LogP contribution in [0.1, 0.15) is 25.0 Å². The number of nitrogens with zero attached hydrogens (tertiary/aromatic N) is 2. The first kappa shape index (κ1) is 14.1. The number of hydrogen-bond acceptors (Lipinski definition) is 3. The molecule has 0 bridgehead atoms. The van der Waals surface area contributed by atoms with E-state index in [1.807, 2.05) is 12.1 Å². The summed E-state index contributed by atoms with van der Waals surface area (Å²) in [7, 11) is 0. The molecule has 0 unspecified atom stereocenters. The van der Waals surface area contributed by atoms with Gasteiger partial charge in [-0.1, -0.05) is 19.9 Å². The summed E-state index contributed by atoms with van der Waals surface area (Å²) in [6, 6.07) is 8.26. The van der Waals surface area contributed by atoms with E-state index < -0.39 is 0 Å². The molecule has 1 aromatic rings. The monoisotopic (exact) mass is 248 g/mol. The lowest BCUT2D eigenvalue weighted by atomic mass is 10.2. The summed E-state index contributed by atoms with van der Waals surface area (Å²) in [5.41, 5.74) is 2.01. The molecule has 0 N–H and O–H groups in total. The largest absolute Gasteiger partial charge is 0.303 e. The Morgan fingerprint density at radius 1 is 1.29 bits per heavy atom. The average Bonchev–Trinajstić information content (AvgIpc) is 2.35. The van der Waals surface area contributed by atoms with Crippen LogP contribution >= 0.6 is 11.8 Å². The summed E-state index contributed by atoms with van der Waals surface area (Å²) >= 11 is 1.78. The van der Waals surface area contributed by atoms with Gasteiger partial charge in [0.2, 0.25) is 0 Å². The lowest BCUT2D eigenvalue weighted by molar-refractivity contribution is 0.324. The molecular weight excluding hydrogens is 228 g/mol. The predicted octanol–water partition coefficient (Wildman–Crippen LogP) is 3.30. The first-order chi connectivity index (χ1) is 8.21. The summed E-state index contributed by atoms with van der Waals surface area (Å²) in [6.07, 6.45) is 0. The van der Waals surface area contributed by atoms with Crippen molar-refractivity contribution in [3.8, 4) is 6.07 Å².